The predicted octanol–water partition coefficient (Wildman–Crippen LogP) is 5.45. The Hall–Kier alpha value is -2.20. The third-order valence-corrected chi connectivity index (χ3v) is 5.11. The number of hydrogen-bond acceptors (Lipinski definition) is 4. The molecule has 3 nitrogen and oxygen atoms in total. The summed E-state index contributed by atoms with van der Waals surface area (Å²) in [5.41, 5.74) is 1.70. The van der Waals surface area contributed by atoms with E-state index in [-0.39, 0.29) is 5.78 Å². The third-order valence-electron chi connectivity index (χ3n) is 4.01. The minimum atomic E-state index is 0.0804. The van der Waals surface area contributed by atoms with E-state index in [0.29, 0.717) is 18.3 Å². The van der Waals surface area contributed by atoms with Gasteiger partial charge >= 0.3 is 0 Å². The van der Waals surface area contributed by atoms with Gasteiger partial charge in [0.05, 0.1) is 18.6 Å². The van der Waals surface area contributed by atoms with Crippen molar-refractivity contribution in [1.82, 2.24) is 0 Å². The quantitative estimate of drug-likeness (QED) is 0.646. The lowest BCUT2D eigenvalue weighted by molar-refractivity contribution is 0.104. The highest BCUT2D eigenvalue weighted by Crippen LogP contribution is 2.41. The molecular formula is C21H22O3S. The molecule has 25 heavy (non-hydrogen) atoms. The molecule has 0 bridgehead atoms. The summed E-state index contributed by atoms with van der Waals surface area (Å²) in [4.78, 5) is 14.2. The van der Waals surface area contributed by atoms with Crippen molar-refractivity contribution in [2.24, 2.45) is 5.92 Å². The molecule has 0 N–H and O–H groups in total. The van der Waals surface area contributed by atoms with Gasteiger partial charge in [-0.05, 0) is 48.2 Å². The first-order valence-corrected chi connectivity index (χ1v) is 9.24. The molecule has 0 radical (unpaired) electrons. The zero-order valence-corrected chi connectivity index (χ0v) is 15.6. The number of benzene rings is 2. The van der Waals surface area contributed by atoms with E-state index in [1.165, 1.54) is 11.8 Å². The van der Waals surface area contributed by atoms with E-state index in [1.54, 1.807) is 7.11 Å². The van der Waals surface area contributed by atoms with E-state index in [1.807, 2.05) is 48.5 Å². The molecule has 130 valence electrons. The second kappa shape index (κ2) is 7.79. The molecule has 1 aliphatic rings. The van der Waals surface area contributed by atoms with Gasteiger partial charge in [0, 0.05) is 10.5 Å². The SMILES string of the molecule is COc1cc(/C=C2\Sc3ccccc3C2=O)ccc1OCCC(C)C. The summed E-state index contributed by atoms with van der Waals surface area (Å²) >= 11 is 1.51. The van der Waals surface area contributed by atoms with E-state index < -0.39 is 0 Å². The monoisotopic (exact) mass is 354 g/mol. The van der Waals surface area contributed by atoms with Gasteiger partial charge in [-0.25, -0.2) is 0 Å². The van der Waals surface area contributed by atoms with Crippen LogP contribution in [0.2, 0.25) is 0 Å². The number of methoxy groups -OCH3 is 1. The molecule has 2 aromatic carbocycles. The Morgan fingerprint density at radius 1 is 1.12 bits per heavy atom. The molecule has 0 spiro atoms. The van der Waals surface area contributed by atoms with E-state index in [2.05, 4.69) is 13.8 Å². The number of thioether (sulfide) groups is 1. The normalized spacial score (nSPS) is 14.9. The Morgan fingerprint density at radius 2 is 1.92 bits per heavy atom. The summed E-state index contributed by atoms with van der Waals surface area (Å²) in [5, 5.41) is 0. The zero-order valence-electron chi connectivity index (χ0n) is 14.7. The van der Waals surface area contributed by atoms with Gasteiger partial charge in [0.15, 0.2) is 11.5 Å². The first-order valence-electron chi connectivity index (χ1n) is 8.42. The largest absolute Gasteiger partial charge is 0.493 e. The first-order chi connectivity index (χ1) is 12.1. The van der Waals surface area contributed by atoms with Gasteiger partial charge in [-0.3, -0.25) is 4.79 Å². The summed E-state index contributed by atoms with van der Waals surface area (Å²) in [5.74, 6) is 2.10. The van der Waals surface area contributed by atoms with Crippen molar-refractivity contribution in [3.05, 3.63) is 58.5 Å². The number of carbonyl (C=O) groups is 1. The molecule has 0 saturated heterocycles. The minimum Gasteiger partial charge on any atom is -0.493 e. The van der Waals surface area contributed by atoms with Crippen LogP contribution in [0.15, 0.2) is 52.3 Å². The van der Waals surface area contributed by atoms with Crippen LogP contribution in [0.1, 0.15) is 36.2 Å². The highest BCUT2D eigenvalue weighted by molar-refractivity contribution is 8.04. The van der Waals surface area contributed by atoms with Gasteiger partial charge in [0.2, 0.25) is 5.78 Å². The van der Waals surface area contributed by atoms with Gasteiger partial charge in [-0.2, -0.15) is 0 Å². The number of fused-ring (bicyclic) bond motifs is 1. The molecule has 1 heterocycles. The molecule has 0 saturated carbocycles. The van der Waals surface area contributed by atoms with Crippen LogP contribution in [0.3, 0.4) is 0 Å². The van der Waals surface area contributed by atoms with Crippen molar-refractivity contribution < 1.29 is 14.3 Å². The fourth-order valence-corrected chi connectivity index (χ4v) is 3.64. The molecule has 0 unspecified atom stereocenters. The smallest absolute Gasteiger partial charge is 0.200 e. The van der Waals surface area contributed by atoms with E-state index in [4.69, 9.17) is 9.47 Å². The van der Waals surface area contributed by atoms with E-state index in [9.17, 15) is 4.79 Å². The van der Waals surface area contributed by atoms with Gasteiger partial charge in [0.25, 0.3) is 0 Å². The van der Waals surface area contributed by atoms with Gasteiger partial charge in [-0.15, -0.1) is 0 Å². The van der Waals surface area contributed by atoms with Gasteiger partial charge < -0.3 is 9.47 Å². The number of rotatable bonds is 6. The zero-order chi connectivity index (χ0) is 17.8. The van der Waals surface area contributed by atoms with Crippen LogP contribution >= 0.6 is 11.8 Å². The molecule has 2 aromatic rings. The maximum Gasteiger partial charge on any atom is 0.200 e. The Kier molecular flexibility index (Phi) is 5.49. The van der Waals surface area contributed by atoms with Crippen molar-refractivity contribution >= 4 is 23.6 Å². The molecule has 0 atom stereocenters. The lowest BCUT2D eigenvalue weighted by Crippen LogP contribution is -2.02. The molecule has 0 fully saturated rings. The van der Waals surface area contributed by atoms with Crippen LogP contribution in [0, 0.1) is 5.92 Å². The van der Waals surface area contributed by atoms with Crippen LogP contribution in [-0.4, -0.2) is 19.5 Å². The summed E-state index contributed by atoms with van der Waals surface area (Å²) < 4.78 is 11.3. The summed E-state index contributed by atoms with van der Waals surface area (Å²) in [6, 6.07) is 13.5. The second-order valence-corrected chi connectivity index (χ2v) is 7.46. The fourth-order valence-electron chi connectivity index (χ4n) is 2.58. The van der Waals surface area contributed by atoms with Crippen molar-refractivity contribution in [3.8, 4) is 11.5 Å². The lowest BCUT2D eigenvalue weighted by atomic mass is 10.1. The van der Waals surface area contributed by atoms with Crippen LogP contribution in [0.5, 0.6) is 11.5 Å². The Balaban J connectivity index is 1.79. The molecule has 0 amide bonds. The number of ether oxygens (including phenoxy) is 2. The minimum absolute atomic E-state index is 0.0804. The summed E-state index contributed by atoms with van der Waals surface area (Å²) in [6.45, 7) is 5.01. The second-order valence-electron chi connectivity index (χ2n) is 6.38. The fraction of sp³-hybridized carbons (Fsp3) is 0.286. The molecule has 0 aliphatic carbocycles. The molecule has 4 heteroatoms. The summed E-state index contributed by atoms with van der Waals surface area (Å²) in [6.07, 6.45) is 2.91. The van der Waals surface area contributed by atoms with Crippen molar-refractivity contribution in [3.63, 3.8) is 0 Å². The van der Waals surface area contributed by atoms with Crippen molar-refractivity contribution in [2.45, 2.75) is 25.2 Å². The standard InChI is InChI=1S/C21H22O3S/c1-14(2)10-11-24-17-9-8-15(12-18(17)23-3)13-20-21(22)16-6-4-5-7-19(16)25-20/h4-9,12-14H,10-11H2,1-3H3/b20-13-. The Bertz CT molecular complexity index is 809. The van der Waals surface area contributed by atoms with E-state index >= 15 is 0 Å². The number of allylic oxidation sites excluding steroid dienone is 1. The number of hydrogen-bond donors (Lipinski definition) is 0. The average Bonchev–Trinajstić information content (AvgIpc) is 2.92. The molecule has 1 aliphatic heterocycles. The highest BCUT2D eigenvalue weighted by Gasteiger charge is 2.25. The van der Waals surface area contributed by atoms with Crippen LogP contribution in [0.25, 0.3) is 6.08 Å². The van der Waals surface area contributed by atoms with Crippen LogP contribution in [0.4, 0.5) is 0 Å². The Morgan fingerprint density at radius 3 is 2.64 bits per heavy atom. The third kappa shape index (κ3) is 4.07. The molecule has 3 rings (SSSR count). The van der Waals surface area contributed by atoms with E-state index in [0.717, 1.165) is 33.1 Å². The van der Waals surface area contributed by atoms with Gasteiger partial charge in [0.1, 0.15) is 0 Å². The van der Waals surface area contributed by atoms with Crippen LogP contribution < -0.4 is 9.47 Å². The summed E-state index contributed by atoms with van der Waals surface area (Å²) in [7, 11) is 1.63. The van der Waals surface area contributed by atoms with Gasteiger partial charge in [-0.1, -0.05) is 43.8 Å². The topological polar surface area (TPSA) is 35.5 Å². The Labute approximate surface area is 153 Å². The average molecular weight is 354 g/mol. The molecule has 0 aromatic heterocycles. The maximum absolute atomic E-state index is 12.5. The number of carbonyl (C=O) groups excluding carboxylic acids is 1. The highest BCUT2D eigenvalue weighted by atomic mass is 32.2. The maximum atomic E-state index is 12.5. The first kappa shape index (κ1) is 17.6. The predicted molar refractivity (Wildman–Crippen MR) is 103 cm³/mol. The van der Waals surface area contributed by atoms with Crippen LogP contribution in [-0.2, 0) is 0 Å². The molecular weight excluding hydrogens is 332 g/mol. The van der Waals surface area contributed by atoms with Crippen molar-refractivity contribution in [1.29, 1.82) is 0 Å². The number of Topliss-reactive ketones (excluding diaryl/α,β-unsaturated/α-hetero) is 1. The number of ketones is 1. The van der Waals surface area contributed by atoms with Crippen molar-refractivity contribution in [2.75, 3.05) is 13.7 Å². The lowest BCUT2D eigenvalue weighted by Gasteiger charge is -2.12.